The smallest absolute Gasteiger partial charge is 0.275 e. The fourth-order valence-electron chi connectivity index (χ4n) is 2.45. The van der Waals surface area contributed by atoms with Crippen LogP contribution in [0.1, 0.15) is 37.5 Å². The number of hydrogen-bond donors (Lipinski definition) is 1. The van der Waals surface area contributed by atoms with Crippen LogP contribution in [0.5, 0.6) is 0 Å². The number of nitrogens with one attached hydrogen (secondary N) is 1. The van der Waals surface area contributed by atoms with Gasteiger partial charge in [0.2, 0.25) is 0 Å². The third-order valence-corrected chi connectivity index (χ3v) is 4.15. The molecule has 1 N–H and O–H groups in total. The van der Waals surface area contributed by atoms with Gasteiger partial charge in [-0.25, -0.2) is 4.99 Å². The Balaban J connectivity index is 1.87. The molecule has 1 aliphatic heterocycles. The predicted octanol–water partition coefficient (Wildman–Crippen LogP) is 4.56. The number of nitrogens with zero attached hydrogens (tertiary/aromatic N) is 1. The first-order valence-corrected chi connectivity index (χ1v) is 8.19. The van der Waals surface area contributed by atoms with Crippen molar-refractivity contribution in [2.75, 3.05) is 0 Å². The molecule has 1 amide bonds. The Morgan fingerprint density at radius 1 is 1.00 bits per heavy atom. The van der Waals surface area contributed by atoms with E-state index in [0.29, 0.717) is 16.6 Å². The Bertz CT molecular complexity index is 825. The standard InChI is InChI=1S/C20H19ClN2O/c1-20(2,3)15-8-6-14(7-9-15)18-22-17(19(24)23-18)12-13-4-10-16(21)11-5-13/h4-12H,1-3H3,(H,22,23,24)/b17-12+. The Hall–Kier alpha value is -2.39. The molecule has 4 heteroatoms. The van der Waals surface area contributed by atoms with Gasteiger partial charge in [-0.15, -0.1) is 0 Å². The Kier molecular flexibility index (Phi) is 4.29. The molecule has 0 aromatic heterocycles. The second-order valence-electron chi connectivity index (χ2n) is 6.82. The van der Waals surface area contributed by atoms with Crippen LogP contribution in [0.25, 0.3) is 6.08 Å². The van der Waals surface area contributed by atoms with Gasteiger partial charge >= 0.3 is 0 Å². The Labute approximate surface area is 147 Å². The van der Waals surface area contributed by atoms with Gasteiger partial charge in [0.25, 0.3) is 5.91 Å². The summed E-state index contributed by atoms with van der Waals surface area (Å²) in [5.74, 6) is 0.389. The average Bonchev–Trinajstić information content (AvgIpc) is 2.90. The molecule has 0 aliphatic carbocycles. The molecule has 0 spiro atoms. The van der Waals surface area contributed by atoms with Crippen molar-refractivity contribution in [3.05, 3.63) is 75.9 Å². The number of halogens is 1. The van der Waals surface area contributed by atoms with E-state index in [1.54, 1.807) is 18.2 Å². The summed E-state index contributed by atoms with van der Waals surface area (Å²) in [5.41, 5.74) is 3.52. The monoisotopic (exact) mass is 338 g/mol. The van der Waals surface area contributed by atoms with Gasteiger partial charge in [-0.2, -0.15) is 0 Å². The van der Waals surface area contributed by atoms with Gasteiger partial charge in [-0.3, -0.25) is 4.79 Å². The van der Waals surface area contributed by atoms with Gasteiger partial charge in [0.15, 0.2) is 0 Å². The largest absolute Gasteiger partial charge is 0.305 e. The molecule has 3 rings (SSSR count). The van der Waals surface area contributed by atoms with Crippen LogP contribution >= 0.6 is 11.6 Å². The van der Waals surface area contributed by atoms with Gasteiger partial charge in [0.05, 0.1) is 0 Å². The number of carbonyl (C=O) groups excluding carboxylic acids is 1. The van der Waals surface area contributed by atoms with E-state index < -0.39 is 0 Å². The van der Waals surface area contributed by atoms with Gasteiger partial charge in [0, 0.05) is 10.6 Å². The predicted molar refractivity (Wildman–Crippen MR) is 99.3 cm³/mol. The van der Waals surface area contributed by atoms with Crippen LogP contribution < -0.4 is 5.32 Å². The lowest BCUT2D eigenvalue weighted by atomic mass is 9.86. The highest BCUT2D eigenvalue weighted by Crippen LogP contribution is 2.23. The molecule has 0 unspecified atom stereocenters. The van der Waals surface area contributed by atoms with Crippen LogP contribution in [0.4, 0.5) is 0 Å². The zero-order valence-corrected chi connectivity index (χ0v) is 14.7. The number of aliphatic imine (C=N–C) groups is 1. The zero-order valence-electron chi connectivity index (χ0n) is 13.9. The van der Waals surface area contributed by atoms with E-state index in [4.69, 9.17) is 11.6 Å². The molecule has 0 atom stereocenters. The van der Waals surface area contributed by atoms with Gasteiger partial charge in [-0.1, -0.05) is 68.8 Å². The topological polar surface area (TPSA) is 41.5 Å². The molecule has 0 radical (unpaired) electrons. The molecule has 0 fully saturated rings. The van der Waals surface area contributed by atoms with Gasteiger partial charge in [-0.05, 0) is 34.8 Å². The van der Waals surface area contributed by atoms with Crippen LogP contribution in [0.15, 0.2) is 59.2 Å². The third-order valence-electron chi connectivity index (χ3n) is 3.89. The molecule has 3 nitrogen and oxygen atoms in total. The normalized spacial score (nSPS) is 16.2. The van der Waals surface area contributed by atoms with Gasteiger partial charge < -0.3 is 5.32 Å². The zero-order chi connectivity index (χ0) is 17.3. The number of carbonyl (C=O) groups is 1. The first kappa shape index (κ1) is 16.5. The Morgan fingerprint density at radius 2 is 1.62 bits per heavy atom. The summed E-state index contributed by atoms with van der Waals surface area (Å²) in [5, 5.41) is 3.49. The van der Waals surface area contributed by atoms with Crippen molar-refractivity contribution in [3.63, 3.8) is 0 Å². The van der Waals surface area contributed by atoms with E-state index in [1.165, 1.54) is 5.56 Å². The molecular formula is C20H19ClN2O. The maximum atomic E-state index is 12.1. The van der Waals surface area contributed by atoms with Crippen LogP contribution in [0, 0.1) is 0 Å². The fraction of sp³-hybridized carbons (Fsp3) is 0.200. The molecular weight excluding hydrogens is 320 g/mol. The quantitative estimate of drug-likeness (QED) is 0.801. The lowest BCUT2D eigenvalue weighted by Crippen LogP contribution is -2.24. The highest BCUT2D eigenvalue weighted by Gasteiger charge is 2.21. The average molecular weight is 339 g/mol. The molecule has 0 bridgehead atoms. The van der Waals surface area contributed by atoms with E-state index in [9.17, 15) is 4.79 Å². The summed E-state index contributed by atoms with van der Waals surface area (Å²) >= 11 is 5.88. The number of amidine groups is 1. The number of rotatable bonds is 2. The van der Waals surface area contributed by atoms with Crippen molar-refractivity contribution in [2.24, 2.45) is 4.99 Å². The van der Waals surface area contributed by atoms with Crippen LogP contribution in [-0.4, -0.2) is 11.7 Å². The SMILES string of the molecule is CC(C)(C)c1ccc(C2=N/C(=C/c3ccc(Cl)cc3)C(=O)N2)cc1. The molecule has 24 heavy (non-hydrogen) atoms. The maximum Gasteiger partial charge on any atom is 0.275 e. The first-order valence-electron chi connectivity index (χ1n) is 7.81. The second-order valence-corrected chi connectivity index (χ2v) is 7.26. The van der Waals surface area contributed by atoms with Crippen LogP contribution in [0.2, 0.25) is 5.02 Å². The second kappa shape index (κ2) is 6.25. The molecule has 1 heterocycles. The van der Waals surface area contributed by atoms with Crippen molar-refractivity contribution in [2.45, 2.75) is 26.2 Å². The van der Waals surface area contributed by atoms with Crippen molar-refractivity contribution in [3.8, 4) is 0 Å². The molecule has 0 saturated carbocycles. The summed E-state index contributed by atoms with van der Waals surface area (Å²) in [7, 11) is 0. The molecule has 0 saturated heterocycles. The Morgan fingerprint density at radius 3 is 2.21 bits per heavy atom. The van der Waals surface area contributed by atoms with Crippen molar-refractivity contribution in [1.29, 1.82) is 0 Å². The first-order chi connectivity index (χ1) is 11.3. The lowest BCUT2D eigenvalue weighted by Gasteiger charge is -2.19. The van der Waals surface area contributed by atoms with E-state index >= 15 is 0 Å². The highest BCUT2D eigenvalue weighted by atomic mass is 35.5. The molecule has 2 aromatic carbocycles. The minimum absolute atomic E-state index is 0.0961. The van der Waals surface area contributed by atoms with Crippen LogP contribution in [-0.2, 0) is 10.2 Å². The number of amides is 1. The van der Waals surface area contributed by atoms with E-state index in [1.807, 2.05) is 24.3 Å². The maximum absolute atomic E-state index is 12.1. The summed E-state index contributed by atoms with van der Waals surface area (Å²) in [6.45, 7) is 6.51. The minimum atomic E-state index is -0.195. The minimum Gasteiger partial charge on any atom is -0.305 e. The summed E-state index contributed by atoms with van der Waals surface area (Å²) < 4.78 is 0. The summed E-state index contributed by atoms with van der Waals surface area (Å²) in [4.78, 5) is 16.6. The van der Waals surface area contributed by atoms with Crippen molar-refractivity contribution >= 4 is 29.4 Å². The summed E-state index contributed by atoms with van der Waals surface area (Å²) in [6.07, 6.45) is 1.75. The molecule has 1 aliphatic rings. The third kappa shape index (κ3) is 3.57. The highest BCUT2D eigenvalue weighted by molar-refractivity contribution is 6.30. The fourth-order valence-corrected chi connectivity index (χ4v) is 2.58. The molecule has 2 aromatic rings. The van der Waals surface area contributed by atoms with Gasteiger partial charge in [0.1, 0.15) is 11.5 Å². The molecule has 122 valence electrons. The lowest BCUT2D eigenvalue weighted by molar-refractivity contribution is -0.115. The van der Waals surface area contributed by atoms with Crippen molar-refractivity contribution in [1.82, 2.24) is 5.32 Å². The number of benzene rings is 2. The number of hydrogen-bond acceptors (Lipinski definition) is 2. The van der Waals surface area contributed by atoms with E-state index in [0.717, 1.165) is 11.1 Å². The van der Waals surface area contributed by atoms with Crippen LogP contribution in [0.3, 0.4) is 0 Å². The van der Waals surface area contributed by atoms with E-state index in [2.05, 4.69) is 43.2 Å². The van der Waals surface area contributed by atoms with Crippen molar-refractivity contribution < 1.29 is 4.79 Å². The van der Waals surface area contributed by atoms with E-state index in [-0.39, 0.29) is 11.3 Å². The summed E-state index contributed by atoms with van der Waals surface area (Å²) in [6, 6.07) is 15.4.